The summed E-state index contributed by atoms with van der Waals surface area (Å²) < 4.78 is 6.13. The van der Waals surface area contributed by atoms with E-state index >= 15 is 0 Å². The molecule has 1 aliphatic rings. The van der Waals surface area contributed by atoms with E-state index in [0.717, 1.165) is 22.4 Å². The molecular formula is C51H60N8O5. The summed E-state index contributed by atoms with van der Waals surface area (Å²) in [5.41, 5.74) is 4.46. The Balaban J connectivity index is 1.11. The molecule has 0 aliphatic carbocycles. The Morgan fingerprint density at radius 2 is 0.875 bits per heavy atom. The topological polar surface area (TPSA) is 143 Å². The van der Waals surface area contributed by atoms with Crippen LogP contribution in [0.1, 0.15) is 61.3 Å². The predicted molar refractivity (Wildman–Crippen MR) is 251 cm³/mol. The van der Waals surface area contributed by atoms with Crippen LogP contribution in [-0.2, 0) is 20.9 Å². The molecule has 4 aromatic carbocycles. The largest absolute Gasteiger partial charge is 0.437 e. The maximum Gasteiger partial charge on any atom is 0.234 e. The molecule has 0 radical (unpaired) electrons. The third-order valence-corrected chi connectivity index (χ3v) is 11.9. The monoisotopic (exact) mass is 864 g/mol. The van der Waals surface area contributed by atoms with Gasteiger partial charge in [0, 0.05) is 58.9 Å². The fraction of sp³-hybridized carbons (Fsp3) is 0.353. The molecule has 7 rings (SSSR count). The van der Waals surface area contributed by atoms with Crippen molar-refractivity contribution in [3.05, 3.63) is 160 Å². The first kappa shape index (κ1) is 45.8. The van der Waals surface area contributed by atoms with Crippen LogP contribution in [0.2, 0.25) is 0 Å². The predicted octanol–water partition coefficient (Wildman–Crippen LogP) is 5.70. The fourth-order valence-corrected chi connectivity index (χ4v) is 8.20. The van der Waals surface area contributed by atoms with Gasteiger partial charge in [-0.05, 0) is 61.7 Å². The van der Waals surface area contributed by atoms with Gasteiger partial charge in [0.25, 0.3) is 0 Å². The van der Waals surface area contributed by atoms with E-state index in [0.29, 0.717) is 75.3 Å². The number of benzene rings is 4. The first-order valence-electron chi connectivity index (χ1n) is 22.3. The maximum atomic E-state index is 13.7. The summed E-state index contributed by atoms with van der Waals surface area (Å²) in [5.74, 6) is -0.268. The third kappa shape index (κ3) is 12.9. The van der Waals surface area contributed by atoms with Crippen molar-refractivity contribution in [1.82, 2.24) is 40.5 Å². The Labute approximate surface area is 375 Å². The lowest BCUT2D eigenvalue weighted by molar-refractivity contribution is -0.125. The zero-order chi connectivity index (χ0) is 44.8. The number of pyridine rings is 1. The number of nitrogens with one attached hydrogen (secondary N) is 3. The number of aromatic nitrogens is 1. The number of fused-ring (bicyclic) bond motifs is 2. The van der Waals surface area contributed by atoms with E-state index < -0.39 is 0 Å². The standard InChI is InChI=1S/C51H60N8O5/c1-37(40-15-7-4-8-16-40)52-47(60)34-57-27-25-56(33-43-23-24-45-50(63)44-21-13-14-22-46(44)64-51(45)55-43)26-28-58(35-48(61)53-38(2)41-17-9-5-10-18-41)30-32-59(31-29-57)36-49(62)54-39(3)42-19-11-6-12-20-42/h4-24,37-39H,25-36H2,1-3H3,(H,52,60)(H,53,61)(H,54,62)/t37-,38-,39-/m1/s1. The van der Waals surface area contributed by atoms with Crippen LogP contribution in [0.5, 0.6) is 0 Å². The van der Waals surface area contributed by atoms with Gasteiger partial charge in [0.05, 0.1) is 54.2 Å². The first-order valence-corrected chi connectivity index (χ1v) is 22.3. The minimum Gasteiger partial charge on any atom is -0.437 e. The van der Waals surface area contributed by atoms with E-state index in [4.69, 9.17) is 9.40 Å². The van der Waals surface area contributed by atoms with Gasteiger partial charge in [-0.1, -0.05) is 103 Å². The summed E-state index contributed by atoms with van der Waals surface area (Å²) in [5, 5.41) is 10.5. The molecule has 1 aliphatic heterocycles. The van der Waals surface area contributed by atoms with E-state index in [-0.39, 0.29) is 66.6 Å². The fourth-order valence-electron chi connectivity index (χ4n) is 8.20. The van der Waals surface area contributed by atoms with Crippen LogP contribution < -0.4 is 21.4 Å². The number of rotatable bonds is 14. The molecule has 13 heteroatoms. The van der Waals surface area contributed by atoms with Crippen LogP contribution in [0.25, 0.3) is 22.1 Å². The second kappa shape index (κ2) is 22.4. The van der Waals surface area contributed by atoms with Crippen LogP contribution >= 0.6 is 0 Å². The maximum absolute atomic E-state index is 13.7. The van der Waals surface area contributed by atoms with Crippen molar-refractivity contribution >= 4 is 39.8 Å². The van der Waals surface area contributed by atoms with Gasteiger partial charge >= 0.3 is 0 Å². The summed E-state index contributed by atoms with van der Waals surface area (Å²) in [6.45, 7) is 11.3. The van der Waals surface area contributed by atoms with Crippen LogP contribution in [0.3, 0.4) is 0 Å². The number of para-hydroxylation sites is 1. The van der Waals surface area contributed by atoms with Crippen molar-refractivity contribution in [1.29, 1.82) is 0 Å². The molecule has 3 atom stereocenters. The third-order valence-electron chi connectivity index (χ3n) is 11.9. The highest BCUT2D eigenvalue weighted by atomic mass is 16.3. The molecule has 2 aromatic heterocycles. The van der Waals surface area contributed by atoms with Crippen LogP contribution in [0.15, 0.2) is 137 Å². The van der Waals surface area contributed by atoms with E-state index in [1.165, 1.54) is 0 Å². The Bertz CT molecular complexity index is 2440. The van der Waals surface area contributed by atoms with Gasteiger partial charge < -0.3 is 20.4 Å². The van der Waals surface area contributed by atoms with Gasteiger partial charge in [-0.15, -0.1) is 0 Å². The first-order chi connectivity index (χ1) is 31.1. The number of carbonyl (C=O) groups excluding carboxylic acids is 3. The summed E-state index contributed by atoms with van der Waals surface area (Å²) in [6.07, 6.45) is 0. The molecule has 3 heterocycles. The van der Waals surface area contributed by atoms with E-state index in [2.05, 4.69) is 35.6 Å². The Morgan fingerprint density at radius 3 is 1.30 bits per heavy atom. The minimum absolute atomic E-state index is 0.0867. The van der Waals surface area contributed by atoms with E-state index in [1.807, 2.05) is 130 Å². The number of hydrogen-bond donors (Lipinski definition) is 3. The lowest BCUT2D eigenvalue weighted by atomic mass is 10.1. The van der Waals surface area contributed by atoms with Crippen molar-refractivity contribution in [2.75, 3.05) is 72.0 Å². The minimum atomic E-state index is -0.168. The van der Waals surface area contributed by atoms with Crippen LogP contribution in [0, 0.1) is 0 Å². The molecule has 3 N–H and O–H groups in total. The number of amides is 3. The van der Waals surface area contributed by atoms with Gasteiger partial charge in [-0.25, -0.2) is 4.98 Å². The summed E-state index contributed by atoms with van der Waals surface area (Å²) in [4.78, 5) is 67.9. The SMILES string of the molecule is C[C@@H](NC(=O)CN1CCN(CC(=O)N[C@H](C)c2ccccc2)CCN(Cc2ccc3c(=O)c4ccccc4oc3n2)CCN(CC(=O)N[C@H](C)c2ccccc2)CC1)c1ccccc1. The zero-order valence-electron chi connectivity index (χ0n) is 37.1. The highest BCUT2D eigenvalue weighted by Crippen LogP contribution is 2.19. The molecule has 1 fully saturated rings. The smallest absolute Gasteiger partial charge is 0.234 e. The molecular weight excluding hydrogens is 805 g/mol. The molecule has 13 nitrogen and oxygen atoms in total. The Morgan fingerprint density at radius 1 is 0.500 bits per heavy atom. The van der Waals surface area contributed by atoms with Gasteiger partial charge in [0.15, 0.2) is 0 Å². The van der Waals surface area contributed by atoms with Gasteiger partial charge in [-0.2, -0.15) is 0 Å². The summed E-state index contributed by atoms with van der Waals surface area (Å²) in [6, 6.07) is 40.0. The number of nitrogens with zero attached hydrogens (tertiary/aromatic N) is 5. The molecule has 0 saturated carbocycles. The molecule has 1 saturated heterocycles. The Hall–Kier alpha value is -6.25. The molecule has 334 valence electrons. The van der Waals surface area contributed by atoms with Gasteiger partial charge in [-0.3, -0.25) is 38.8 Å². The second-order valence-electron chi connectivity index (χ2n) is 16.8. The van der Waals surface area contributed by atoms with Crippen molar-refractivity contribution in [3.63, 3.8) is 0 Å². The van der Waals surface area contributed by atoms with E-state index in [9.17, 15) is 19.2 Å². The average molecular weight is 865 g/mol. The zero-order valence-corrected chi connectivity index (χ0v) is 37.1. The Kier molecular flexibility index (Phi) is 16.0. The molecule has 64 heavy (non-hydrogen) atoms. The lowest BCUT2D eigenvalue weighted by Gasteiger charge is -2.34. The van der Waals surface area contributed by atoms with Crippen LogP contribution in [0.4, 0.5) is 0 Å². The normalized spacial score (nSPS) is 16.5. The molecule has 0 spiro atoms. The quantitative estimate of drug-likeness (QED) is 0.117. The highest BCUT2D eigenvalue weighted by molar-refractivity contribution is 5.88. The van der Waals surface area contributed by atoms with E-state index in [1.54, 1.807) is 18.2 Å². The second-order valence-corrected chi connectivity index (χ2v) is 16.8. The summed E-state index contributed by atoms with van der Waals surface area (Å²) >= 11 is 0. The number of hydrogen-bond acceptors (Lipinski definition) is 10. The van der Waals surface area contributed by atoms with Crippen molar-refractivity contribution in [2.24, 2.45) is 0 Å². The lowest BCUT2D eigenvalue weighted by Crippen LogP contribution is -2.50. The van der Waals surface area contributed by atoms with Crippen molar-refractivity contribution in [3.8, 4) is 0 Å². The average Bonchev–Trinajstić information content (AvgIpc) is 3.30. The molecule has 0 bridgehead atoms. The molecule has 6 aromatic rings. The van der Waals surface area contributed by atoms with Crippen LogP contribution in [-0.4, -0.2) is 114 Å². The molecule has 0 unspecified atom stereocenters. The van der Waals surface area contributed by atoms with Crippen molar-refractivity contribution in [2.45, 2.75) is 45.4 Å². The molecule has 3 amide bonds. The van der Waals surface area contributed by atoms with Gasteiger partial charge in [0.1, 0.15) is 5.58 Å². The van der Waals surface area contributed by atoms with Gasteiger partial charge in [0.2, 0.25) is 28.9 Å². The number of carbonyl (C=O) groups is 3. The highest BCUT2D eigenvalue weighted by Gasteiger charge is 2.23. The summed E-state index contributed by atoms with van der Waals surface area (Å²) in [7, 11) is 0. The van der Waals surface area contributed by atoms with Crippen molar-refractivity contribution < 1.29 is 18.8 Å².